The first-order chi connectivity index (χ1) is 11.5. The molecule has 1 aliphatic heterocycles. The first-order valence-electron chi connectivity index (χ1n) is 7.99. The predicted octanol–water partition coefficient (Wildman–Crippen LogP) is 3.05. The van der Waals surface area contributed by atoms with E-state index >= 15 is 0 Å². The van der Waals surface area contributed by atoms with E-state index < -0.39 is 0 Å². The summed E-state index contributed by atoms with van der Waals surface area (Å²) in [7, 11) is 0. The fourth-order valence-electron chi connectivity index (χ4n) is 3.24. The van der Waals surface area contributed by atoms with E-state index in [1.165, 1.54) is 0 Å². The molecule has 1 aromatic carbocycles. The van der Waals surface area contributed by atoms with Crippen molar-refractivity contribution in [2.24, 2.45) is 5.73 Å². The first kappa shape index (κ1) is 17.3. The molecule has 2 heterocycles. The average Bonchev–Trinajstić information content (AvgIpc) is 2.99. The number of hydrogen-bond donors (Lipinski definition) is 1. The zero-order valence-electron chi connectivity index (χ0n) is 13.3. The van der Waals surface area contributed by atoms with Crippen molar-refractivity contribution in [3.05, 3.63) is 52.0 Å². The Labute approximate surface area is 151 Å². The number of hydrogen-bond acceptors (Lipinski definition) is 3. The highest BCUT2D eigenvalue weighted by molar-refractivity contribution is 6.35. The third-order valence-corrected chi connectivity index (χ3v) is 5.18. The third-order valence-electron chi connectivity index (χ3n) is 4.47. The minimum absolute atomic E-state index is 0.185. The van der Waals surface area contributed by atoms with Gasteiger partial charge in [0.05, 0.1) is 0 Å². The van der Waals surface area contributed by atoms with E-state index in [2.05, 4.69) is 9.88 Å². The number of benzene rings is 1. The van der Waals surface area contributed by atoms with E-state index in [0.717, 1.165) is 43.9 Å². The van der Waals surface area contributed by atoms with Crippen LogP contribution in [-0.4, -0.2) is 33.4 Å². The van der Waals surface area contributed by atoms with Gasteiger partial charge in [-0.15, -0.1) is 0 Å². The molecule has 2 N–H and O–H groups in total. The molecule has 2 aromatic rings. The summed E-state index contributed by atoms with van der Waals surface area (Å²) >= 11 is 12.5. The van der Waals surface area contributed by atoms with Crippen LogP contribution in [-0.2, 0) is 17.9 Å². The van der Waals surface area contributed by atoms with E-state index in [9.17, 15) is 4.79 Å². The Bertz CT molecular complexity index is 703. The topological polar surface area (TPSA) is 64.2 Å². The summed E-state index contributed by atoms with van der Waals surface area (Å²) in [6.45, 7) is 2.82. The van der Waals surface area contributed by atoms with Crippen LogP contribution < -0.4 is 5.73 Å². The summed E-state index contributed by atoms with van der Waals surface area (Å²) in [4.78, 5) is 17.9. The molecule has 0 aliphatic carbocycles. The van der Waals surface area contributed by atoms with Gasteiger partial charge >= 0.3 is 0 Å². The van der Waals surface area contributed by atoms with E-state index in [4.69, 9.17) is 28.9 Å². The summed E-state index contributed by atoms with van der Waals surface area (Å²) in [5.74, 6) is 0.946. The second-order valence-corrected chi connectivity index (χ2v) is 6.94. The fraction of sp³-hybridized carbons (Fsp3) is 0.412. The highest BCUT2D eigenvalue weighted by Crippen LogP contribution is 2.30. The standard InChI is InChI=1S/C17H20Cl2N4O/c18-14-2-1-3-15(19)13(14)10-22-7-4-12(5-8-22)17-21-6-9-23(17)11-16(20)24/h1-3,6,9,12H,4-5,7-8,10-11H2,(H2,20,24). The molecule has 7 heteroatoms. The number of imidazole rings is 1. The zero-order chi connectivity index (χ0) is 17.1. The Balaban J connectivity index is 1.62. The molecule has 0 saturated carbocycles. The lowest BCUT2D eigenvalue weighted by Crippen LogP contribution is -2.33. The van der Waals surface area contributed by atoms with Gasteiger partial charge < -0.3 is 10.3 Å². The minimum atomic E-state index is -0.347. The van der Waals surface area contributed by atoms with Gasteiger partial charge in [-0.3, -0.25) is 9.69 Å². The molecule has 0 atom stereocenters. The molecule has 0 spiro atoms. The van der Waals surface area contributed by atoms with Crippen LogP contribution in [0.5, 0.6) is 0 Å². The maximum atomic E-state index is 11.2. The highest BCUT2D eigenvalue weighted by atomic mass is 35.5. The van der Waals surface area contributed by atoms with Crippen molar-refractivity contribution in [3.63, 3.8) is 0 Å². The summed E-state index contributed by atoms with van der Waals surface area (Å²) in [6.07, 6.45) is 5.51. The second kappa shape index (κ2) is 7.55. The van der Waals surface area contributed by atoms with Crippen molar-refractivity contribution < 1.29 is 4.79 Å². The molecule has 0 unspecified atom stereocenters. The van der Waals surface area contributed by atoms with Gasteiger partial charge in [0.2, 0.25) is 5.91 Å². The number of likely N-dealkylation sites (tertiary alicyclic amines) is 1. The molecule has 5 nitrogen and oxygen atoms in total. The lowest BCUT2D eigenvalue weighted by atomic mass is 9.95. The van der Waals surface area contributed by atoms with Gasteiger partial charge in [0.1, 0.15) is 12.4 Å². The number of halogens is 2. The molecule has 1 amide bonds. The van der Waals surface area contributed by atoms with E-state index in [1.54, 1.807) is 6.20 Å². The van der Waals surface area contributed by atoms with Crippen molar-refractivity contribution in [3.8, 4) is 0 Å². The van der Waals surface area contributed by atoms with Crippen molar-refractivity contribution in [2.75, 3.05) is 13.1 Å². The van der Waals surface area contributed by atoms with Crippen LogP contribution >= 0.6 is 23.2 Å². The average molecular weight is 367 g/mol. The van der Waals surface area contributed by atoms with E-state index in [1.807, 2.05) is 29.0 Å². The van der Waals surface area contributed by atoms with Gasteiger partial charge in [0, 0.05) is 40.5 Å². The van der Waals surface area contributed by atoms with Gasteiger partial charge in [-0.1, -0.05) is 29.3 Å². The SMILES string of the molecule is NC(=O)Cn1ccnc1C1CCN(Cc2c(Cl)cccc2Cl)CC1. The lowest BCUT2D eigenvalue weighted by molar-refractivity contribution is -0.118. The molecule has 1 fully saturated rings. The Morgan fingerprint density at radius 1 is 1.25 bits per heavy atom. The van der Waals surface area contributed by atoms with Gasteiger partial charge in [-0.2, -0.15) is 0 Å². The van der Waals surface area contributed by atoms with Crippen molar-refractivity contribution in [1.29, 1.82) is 0 Å². The smallest absolute Gasteiger partial charge is 0.237 e. The summed E-state index contributed by atoms with van der Waals surface area (Å²) in [5.41, 5.74) is 6.28. The molecular weight excluding hydrogens is 347 g/mol. The van der Waals surface area contributed by atoms with Crippen molar-refractivity contribution >= 4 is 29.1 Å². The molecule has 3 rings (SSSR count). The number of amides is 1. The van der Waals surface area contributed by atoms with Gasteiger partial charge in [0.25, 0.3) is 0 Å². The first-order valence-corrected chi connectivity index (χ1v) is 8.74. The molecule has 24 heavy (non-hydrogen) atoms. The molecular formula is C17H20Cl2N4O. The van der Waals surface area contributed by atoms with Crippen LogP contribution in [0.25, 0.3) is 0 Å². The van der Waals surface area contributed by atoms with Gasteiger partial charge in [-0.25, -0.2) is 4.98 Å². The monoisotopic (exact) mass is 366 g/mol. The summed E-state index contributed by atoms with van der Waals surface area (Å²) < 4.78 is 1.85. The van der Waals surface area contributed by atoms with E-state index in [0.29, 0.717) is 16.0 Å². The number of carbonyl (C=O) groups excluding carboxylic acids is 1. The van der Waals surface area contributed by atoms with Crippen LogP contribution in [0.3, 0.4) is 0 Å². The summed E-state index contributed by atoms with van der Waals surface area (Å²) in [6, 6.07) is 5.60. The molecule has 0 bridgehead atoms. The zero-order valence-corrected chi connectivity index (χ0v) is 14.8. The van der Waals surface area contributed by atoms with Gasteiger partial charge in [-0.05, 0) is 38.1 Å². The maximum Gasteiger partial charge on any atom is 0.237 e. The molecule has 128 valence electrons. The summed E-state index contributed by atoms with van der Waals surface area (Å²) in [5, 5.41) is 1.42. The third kappa shape index (κ3) is 3.91. The molecule has 1 saturated heterocycles. The van der Waals surface area contributed by atoms with Crippen LogP contribution in [0.4, 0.5) is 0 Å². The number of nitrogens with two attached hydrogens (primary N) is 1. The largest absolute Gasteiger partial charge is 0.368 e. The number of aromatic nitrogens is 2. The fourth-order valence-corrected chi connectivity index (χ4v) is 3.76. The quantitative estimate of drug-likeness (QED) is 0.884. The maximum absolute atomic E-state index is 11.2. The predicted molar refractivity (Wildman–Crippen MR) is 95.1 cm³/mol. The Morgan fingerprint density at radius 2 is 1.92 bits per heavy atom. The Hall–Kier alpha value is -1.56. The number of primary amides is 1. The van der Waals surface area contributed by atoms with E-state index in [-0.39, 0.29) is 12.5 Å². The lowest BCUT2D eigenvalue weighted by Gasteiger charge is -2.32. The minimum Gasteiger partial charge on any atom is -0.368 e. The molecule has 1 aromatic heterocycles. The molecule has 0 radical (unpaired) electrons. The van der Waals surface area contributed by atoms with Crippen LogP contribution in [0.2, 0.25) is 10.0 Å². The number of piperidine rings is 1. The number of nitrogens with zero attached hydrogens (tertiary/aromatic N) is 3. The second-order valence-electron chi connectivity index (χ2n) is 6.13. The Morgan fingerprint density at radius 3 is 2.54 bits per heavy atom. The van der Waals surface area contributed by atoms with Crippen LogP contribution in [0.15, 0.2) is 30.6 Å². The number of carbonyl (C=O) groups is 1. The Kier molecular flexibility index (Phi) is 5.43. The highest BCUT2D eigenvalue weighted by Gasteiger charge is 2.25. The number of rotatable bonds is 5. The van der Waals surface area contributed by atoms with Crippen molar-refractivity contribution in [2.45, 2.75) is 31.8 Å². The van der Waals surface area contributed by atoms with Crippen LogP contribution in [0.1, 0.15) is 30.1 Å². The van der Waals surface area contributed by atoms with Crippen LogP contribution in [0, 0.1) is 0 Å². The molecule has 1 aliphatic rings. The van der Waals surface area contributed by atoms with Gasteiger partial charge in [0.15, 0.2) is 0 Å². The normalized spacial score (nSPS) is 16.4. The van der Waals surface area contributed by atoms with Crippen molar-refractivity contribution in [1.82, 2.24) is 14.5 Å².